The lowest BCUT2D eigenvalue weighted by molar-refractivity contribution is -0.117. The predicted molar refractivity (Wildman–Crippen MR) is 82.8 cm³/mol. The molecule has 1 aromatic carbocycles. The number of aromatic hydroxyl groups is 1. The number of phenols is 1. The van der Waals surface area contributed by atoms with Crippen LogP contribution >= 0.6 is 0 Å². The molecule has 0 radical (unpaired) electrons. The van der Waals surface area contributed by atoms with E-state index >= 15 is 0 Å². The van der Waals surface area contributed by atoms with Gasteiger partial charge in [-0.05, 0) is 40.3 Å². The molecular weight excluding hydrogens is 296 g/mol. The Morgan fingerprint density at radius 2 is 1.91 bits per heavy atom. The molecule has 23 heavy (non-hydrogen) atoms. The van der Waals surface area contributed by atoms with Gasteiger partial charge in [0.05, 0.1) is 6.04 Å². The quantitative estimate of drug-likeness (QED) is 0.744. The number of aromatic nitrogens is 2. The van der Waals surface area contributed by atoms with Crippen molar-refractivity contribution in [2.45, 2.75) is 25.8 Å². The summed E-state index contributed by atoms with van der Waals surface area (Å²) in [5.74, 6) is 1.52. The highest BCUT2D eigenvalue weighted by molar-refractivity contribution is 6.00. The van der Waals surface area contributed by atoms with E-state index in [1.54, 1.807) is 24.3 Å². The van der Waals surface area contributed by atoms with E-state index in [0.717, 1.165) is 17.7 Å². The van der Waals surface area contributed by atoms with Crippen molar-refractivity contribution in [3.05, 3.63) is 41.1 Å². The van der Waals surface area contributed by atoms with E-state index in [1.165, 1.54) is 0 Å². The molecule has 1 aliphatic carbocycles. The van der Waals surface area contributed by atoms with Crippen LogP contribution in [0.15, 0.2) is 40.2 Å². The molecule has 2 atom stereocenters. The summed E-state index contributed by atoms with van der Waals surface area (Å²) < 4.78 is 4.79. The van der Waals surface area contributed by atoms with Gasteiger partial charge in [-0.25, -0.2) is 4.63 Å². The first kappa shape index (κ1) is 13.8. The smallest absolute Gasteiger partial charge is 0.219 e. The molecule has 0 fully saturated rings. The van der Waals surface area contributed by atoms with Gasteiger partial charge in [0.2, 0.25) is 11.6 Å². The van der Waals surface area contributed by atoms with E-state index in [4.69, 9.17) is 4.63 Å². The van der Waals surface area contributed by atoms with Crippen molar-refractivity contribution >= 4 is 17.4 Å². The number of allylic oxidation sites excluding steroid dienone is 1. The average Bonchev–Trinajstić information content (AvgIpc) is 2.87. The van der Waals surface area contributed by atoms with Crippen LogP contribution < -0.4 is 10.6 Å². The normalized spacial score (nSPS) is 23.4. The predicted octanol–water partition coefficient (Wildman–Crippen LogP) is 2.61. The van der Waals surface area contributed by atoms with Gasteiger partial charge in [0.15, 0.2) is 5.78 Å². The van der Waals surface area contributed by atoms with E-state index in [1.807, 2.05) is 0 Å². The first-order valence-electron chi connectivity index (χ1n) is 7.53. The van der Waals surface area contributed by atoms with Crippen LogP contribution in [0, 0.1) is 5.92 Å². The van der Waals surface area contributed by atoms with Crippen LogP contribution in [-0.2, 0) is 4.79 Å². The van der Waals surface area contributed by atoms with Gasteiger partial charge >= 0.3 is 0 Å². The maximum atomic E-state index is 12.7. The van der Waals surface area contributed by atoms with Crippen molar-refractivity contribution in [3.8, 4) is 5.75 Å². The maximum Gasteiger partial charge on any atom is 0.219 e. The molecule has 2 heterocycles. The fourth-order valence-corrected chi connectivity index (χ4v) is 3.21. The minimum atomic E-state index is -0.355. The number of rotatable bonds is 1. The first-order chi connectivity index (χ1) is 11.1. The van der Waals surface area contributed by atoms with Crippen molar-refractivity contribution in [1.29, 1.82) is 0 Å². The number of phenolic OH excluding ortho intramolecular Hbond substituents is 1. The van der Waals surface area contributed by atoms with E-state index in [-0.39, 0.29) is 23.5 Å². The average molecular weight is 312 g/mol. The summed E-state index contributed by atoms with van der Waals surface area (Å²) in [5, 5.41) is 23.6. The summed E-state index contributed by atoms with van der Waals surface area (Å²) in [6.07, 6.45) is 1.29. The number of fused-ring (bicyclic) bond motifs is 1. The zero-order valence-corrected chi connectivity index (χ0v) is 12.5. The Balaban J connectivity index is 1.85. The van der Waals surface area contributed by atoms with Gasteiger partial charge in [-0.3, -0.25) is 4.79 Å². The number of anilines is 2. The summed E-state index contributed by atoms with van der Waals surface area (Å²) in [4.78, 5) is 12.7. The van der Waals surface area contributed by atoms with Crippen molar-refractivity contribution in [2.75, 3.05) is 10.6 Å². The molecule has 0 saturated carbocycles. The van der Waals surface area contributed by atoms with Gasteiger partial charge in [0, 0.05) is 17.7 Å². The molecule has 0 amide bonds. The molecule has 7 nitrogen and oxygen atoms in total. The van der Waals surface area contributed by atoms with Crippen LogP contribution in [0.3, 0.4) is 0 Å². The highest BCUT2D eigenvalue weighted by Gasteiger charge is 2.35. The second kappa shape index (κ2) is 5.12. The molecule has 1 aliphatic heterocycles. The van der Waals surface area contributed by atoms with Crippen LogP contribution in [-0.4, -0.2) is 21.2 Å². The summed E-state index contributed by atoms with van der Waals surface area (Å²) >= 11 is 0. The van der Waals surface area contributed by atoms with Crippen molar-refractivity contribution in [2.24, 2.45) is 5.92 Å². The van der Waals surface area contributed by atoms with Gasteiger partial charge in [-0.15, -0.1) is 0 Å². The molecule has 0 saturated heterocycles. The zero-order chi connectivity index (χ0) is 16.0. The van der Waals surface area contributed by atoms with Crippen molar-refractivity contribution < 1.29 is 14.5 Å². The molecule has 2 aromatic rings. The summed E-state index contributed by atoms with van der Waals surface area (Å²) in [6, 6.07) is 6.44. The monoisotopic (exact) mass is 312 g/mol. The molecule has 118 valence electrons. The third kappa shape index (κ3) is 2.34. The van der Waals surface area contributed by atoms with Crippen molar-refractivity contribution in [1.82, 2.24) is 10.3 Å². The Morgan fingerprint density at radius 1 is 1.17 bits per heavy atom. The van der Waals surface area contributed by atoms with Gasteiger partial charge in [0.1, 0.15) is 5.75 Å². The molecule has 2 aliphatic rings. The summed E-state index contributed by atoms with van der Waals surface area (Å²) in [5.41, 5.74) is 2.43. The van der Waals surface area contributed by atoms with Gasteiger partial charge in [0.25, 0.3) is 0 Å². The van der Waals surface area contributed by atoms with Gasteiger partial charge in [-0.1, -0.05) is 19.1 Å². The Hall–Kier alpha value is -2.83. The highest BCUT2D eigenvalue weighted by Crippen LogP contribution is 2.40. The second-order valence-corrected chi connectivity index (χ2v) is 6.08. The molecular formula is C16H16N4O3. The van der Waals surface area contributed by atoms with E-state index < -0.39 is 0 Å². The Bertz CT molecular complexity index is 794. The minimum absolute atomic E-state index is 0.110. The van der Waals surface area contributed by atoms with E-state index in [0.29, 0.717) is 23.6 Å². The van der Waals surface area contributed by atoms with Gasteiger partial charge < -0.3 is 15.7 Å². The molecule has 1 aromatic heterocycles. The lowest BCUT2D eigenvalue weighted by atomic mass is 9.82. The largest absolute Gasteiger partial charge is 0.508 e. The molecule has 0 spiro atoms. The second-order valence-electron chi connectivity index (χ2n) is 6.08. The zero-order valence-electron chi connectivity index (χ0n) is 12.5. The number of carbonyl (C=O) groups excluding carboxylic acids is 1. The first-order valence-corrected chi connectivity index (χ1v) is 7.53. The number of carbonyl (C=O) groups is 1. The lowest BCUT2D eigenvalue weighted by Gasteiger charge is -2.27. The summed E-state index contributed by atoms with van der Waals surface area (Å²) in [6.45, 7) is 2.05. The van der Waals surface area contributed by atoms with Crippen LogP contribution in [0.5, 0.6) is 5.75 Å². The number of hydrogen-bond acceptors (Lipinski definition) is 7. The molecule has 3 N–H and O–H groups in total. The van der Waals surface area contributed by atoms with Crippen LogP contribution in [0.2, 0.25) is 0 Å². The third-order valence-electron chi connectivity index (χ3n) is 4.27. The van der Waals surface area contributed by atoms with E-state index in [9.17, 15) is 9.90 Å². The fraction of sp³-hybridized carbons (Fsp3) is 0.312. The maximum absolute atomic E-state index is 12.7. The Kier molecular flexibility index (Phi) is 3.07. The van der Waals surface area contributed by atoms with Crippen LogP contribution in [0.1, 0.15) is 31.4 Å². The number of ketones is 1. The third-order valence-corrected chi connectivity index (χ3v) is 4.27. The molecule has 2 unspecified atom stereocenters. The standard InChI is InChI=1S/C16H16N4O3/c1-8-6-11-13(12(22)7-8)14(9-2-4-10(21)5-3-9)18-16-15(17-11)19-23-20-16/h2-5,8,14,21H,6-7H2,1H3,(H,17,19)(H,18,20). The number of nitrogens with zero attached hydrogens (tertiary/aromatic N) is 2. The van der Waals surface area contributed by atoms with Crippen LogP contribution in [0.4, 0.5) is 11.6 Å². The number of hydrogen-bond donors (Lipinski definition) is 3. The number of nitrogens with one attached hydrogen (secondary N) is 2. The van der Waals surface area contributed by atoms with Gasteiger partial charge in [-0.2, -0.15) is 0 Å². The van der Waals surface area contributed by atoms with E-state index in [2.05, 4.69) is 27.9 Å². The Morgan fingerprint density at radius 3 is 2.70 bits per heavy atom. The number of benzene rings is 1. The Labute approximate surface area is 132 Å². The molecule has 0 bridgehead atoms. The summed E-state index contributed by atoms with van der Waals surface area (Å²) in [7, 11) is 0. The fourth-order valence-electron chi connectivity index (χ4n) is 3.21. The lowest BCUT2D eigenvalue weighted by Crippen LogP contribution is -2.26. The SMILES string of the molecule is CC1CC(=O)C2=C(C1)Nc1nonc1NC2c1ccc(O)cc1. The topological polar surface area (TPSA) is 100 Å². The minimum Gasteiger partial charge on any atom is -0.508 e. The van der Waals surface area contributed by atoms with Crippen molar-refractivity contribution in [3.63, 3.8) is 0 Å². The molecule has 4 rings (SSSR count). The number of Topliss-reactive ketones (excluding diaryl/α,β-unsaturated/α-hetero) is 1. The van der Waals surface area contributed by atoms with Crippen LogP contribution in [0.25, 0.3) is 0 Å². The molecule has 7 heteroatoms. The highest BCUT2D eigenvalue weighted by atomic mass is 16.6.